The van der Waals surface area contributed by atoms with E-state index in [1.165, 1.54) is 5.56 Å². The topological polar surface area (TPSA) is 40.6 Å². The SMILES string of the molecule is COc1cc2cc(OCc3cccc(C)c3)nc(C)c2cc1OC. The lowest BCUT2D eigenvalue weighted by atomic mass is 10.1. The average Bonchev–Trinajstić information content (AvgIpc) is 2.59. The van der Waals surface area contributed by atoms with Gasteiger partial charge in [0.15, 0.2) is 11.5 Å². The third-order valence-electron chi connectivity index (χ3n) is 3.97. The number of hydrogen-bond donors (Lipinski definition) is 0. The van der Waals surface area contributed by atoms with E-state index in [2.05, 4.69) is 30.1 Å². The number of ether oxygens (including phenoxy) is 3. The molecule has 24 heavy (non-hydrogen) atoms. The van der Waals surface area contributed by atoms with Gasteiger partial charge in [0.1, 0.15) is 6.61 Å². The van der Waals surface area contributed by atoms with Crippen molar-refractivity contribution in [3.63, 3.8) is 0 Å². The summed E-state index contributed by atoms with van der Waals surface area (Å²) in [7, 11) is 3.26. The number of rotatable bonds is 5. The average molecular weight is 323 g/mol. The van der Waals surface area contributed by atoms with Crippen LogP contribution in [0.3, 0.4) is 0 Å². The van der Waals surface area contributed by atoms with Crippen LogP contribution in [0.15, 0.2) is 42.5 Å². The highest BCUT2D eigenvalue weighted by Gasteiger charge is 2.10. The zero-order valence-corrected chi connectivity index (χ0v) is 14.4. The number of pyridine rings is 1. The van der Waals surface area contributed by atoms with Gasteiger partial charge >= 0.3 is 0 Å². The molecule has 0 amide bonds. The summed E-state index contributed by atoms with van der Waals surface area (Å²) in [5, 5.41) is 2.04. The van der Waals surface area contributed by atoms with Crippen LogP contribution in [-0.2, 0) is 6.61 Å². The van der Waals surface area contributed by atoms with Gasteiger partial charge in [-0.25, -0.2) is 4.98 Å². The van der Waals surface area contributed by atoms with Crippen LogP contribution in [0.25, 0.3) is 10.8 Å². The summed E-state index contributed by atoms with van der Waals surface area (Å²) < 4.78 is 16.6. The van der Waals surface area contributed by atoms with Crippen molar-refractivity contribution in [2.45, 2.75) is 20.5 Å². The summed E-state index contributed by atoms with van der Waals surface area (Å²) in [6.07, 6.45) is 0. The summed E-state index contributed by atoms with van der Waals surface area (Å²) in [5.41, 5.74) is 3.24. The van der Waals surface area contributed by atoms with Crippen LogP contribution >= 0.6 is 0 Å². The van der Waals surface area contributed by atoms with E-state index in [0.717, 1.165) is 22.0 Å². The van der Waals surface area contributed by atoms with Crippen molar-refractivity contribution in [1.29, 1.82) is 0 Å². The fourth-order valence-corrected chi connectivity index (χ4v) is 2.75. The Morgan fingerprint density at radius 2 is 1.67 bits per heavy atom. The first-order valence-corrected chi connectivity index (χ1v) is 7.82. The van der Waals surface area contributed by atoms with Crippen LogP contribution in [-0.4, -0.2) is 19.2 Å². The summed E-state index contributed by atoms with van der Waals surface area (Å²) in [6.45, 7) is 4.53. The fraction of sp³-hybridized carbons (Fsp3) is 0.250. The molecule has 0 radical (unpaired) electrons. The summed E-state index contributed by atoms with van der Waals surface area (Å²) in [4.78, 5) is 4.55. The van der Waals surface area contributed by atoms with E-state index in [4.69, 9.17) is 14.2 Å². The standard InChI is InChI=1S/C20H21NO3/c1-13-6-5-7-15(8-13)12-24-20-10-16-9-18(22-3)19(23-4)11-17(16)14(2)21-20/h5-11H,12H2,1-4H3. The molecule has 0 N–H and O–H groups in total. The molecular weight excluding hydrogens is 302 g/mol. The molecular formula is C20H21NO3. The van der Waals surface area contributed by atoms with Crippen molar-refractivity contribution in [3.05, 3.63) is 59.3 Å². The van der Waals surface area contributed by atoms with Crippen LogP contribution in [0.4, 0.5) is 0 Å². The number of methoxy groups -OCH3 is 2. The van der Waals surface area contributed by atoms with Gasteiger partial charge in [-0.3, -0.25) is 0 Å². The Kier molecular flexibility index (Phi) is 4.56. The van der Waals surface area contributed by atoms with Gasteiger partial charge < -0.3 is 14.2 Å². The molecule has 0 fully saturated rings. The Hall–Kier alpha value is -2.75. The number of hydrogen-bond acceptors (Lipinski definition) is 4. The lowest BCUT2D eigenvalue weighted by Crippen LogP contribution is -1.99. The minimum Gasteiger partial charge on any atom is -0.493 e. The zero-order chi connectivity index (χ0) is 17.1. The largest absolute Gasteiger partial charge is 0.493 e. The highest BCUT2D eigenvalue weighted by Crippen LogP contribution is 2.34. The normalized spacial score (nSPS) is 10.7. The van der Waals surface area contributed by atoms with Crippen LogP contribution in [0.5, 0.6) is 17.4 Å². The minimum absolute atomic E-state index is 0.493. The maximum absolute atomic E-state index is 5.88. The Labute approximate surface area is 142 Å². The number of nitrogens with zero attached hydrogens (tertiary/aromatic N) is 1. The second kappa shape index (κ2) is 6.79. The first-order valence-electron chi connectivity index (χ1n) is 7.82. The second-order valence-electron chi connectivity index (χ2n) is 5.75. The Bertz CT molecular complexity index is 874. The van der Waals surface area contributed by atoms with Crippen LogP contribution < -0.4 is 14.2 Å². The highest BCUT2D eigenvalue weighted by atomic mass is 16.5. The van der Waals surface area contributed by atoms with E-state index in [-0.39, 0.29) is 0 Å². The molecule has 4 heteroatoms. The molecule has 0 bridgehead atoms. The van der Waals surface area contributed by atoms with Gasteiger partial charge in [0.2, 0.25) is 5.88 Å². The van der Waals surface area contributed by atoms with Gasteiger partial charge in [-0.05, 0) is 36.9 Å². The molecule has 0 aliphatic heterocycles. The van der Waals surface area contributed by atoms with Crippen LogP contribution in [0.2, 0.25) is 0 Å². The minimum atomic E-state index is 0.493. The molecule has 0 aliphatic rings. The van der Waals surface area contributed by atoms with E-state index < -0.39 is 0 Å². The van der Waals surface area contributed by atoms with Crippen molar-refractivity contribution in [2.24, 2.45) is 0 Å². The van der Waals surface area contributed by atoms with E-state index in [0.29, 0.717) is 24.0 Å². The van der Waals surface area contributed by atoms with Crippen molar-refractivity contribution in [1.82, 2.24) is 4.98 Å². The molecule has 0 saturated carbocycles. The van der Waals surface area contributed by atoms with E-state index in [9.17, 15) is 0 Å². The molecule has 3 rings (SSSR count). The van der Waals surface area contributed by atoms with Gasteiger partial charge in [0, 0.05) is 17.1 Å². The van der Waals surface area contributed by atoms with Gasteiger partial charge in [0.05, 0.1) is 14.2 Å². The number of aryl methyl sites for hydroxylation is 2. The third-order valence-corrected chi connectivity index (χ3v) is 3.97. The van der Waals surface area contributed by atoms with E-state index in [1.807, 2.05) is 31.2 Å². The van der Waals surface area contributed by atoms with E-state index in [1.54, 1.807) is 14.2 Å². The van der Waals surface area contributed by atoms with Crippen molar-refractivity contribution in [2.75, 3.05) is 14.2 Å². The Morgan fingerprint density at radius 3 is 2.38 bits per heavy atom. The van der Waals surface area contributed by atoms with Crippen molar-refractivity contribution < 1.29 is 14.2 Å². The van der Waals surface area contributed by atoms with Gasteiger partial charge in [-0.15, -0.1) is 0 Å². The van der Waals surface area contributed by atoms with Gasteiger partial charge in [-0.1, -0.05) is 29.8 Å². The molecule has 0 aliphatic carbocycles. The zero-order valence-electron chi connectivity index (χ0n) is 14.4. The molecule has 4 nitrogen and oxygen atoms in total. The number of aromatic nitrogens is 1. The van der Waals surface area contributed by atoms with Crippen LogP contribution in [0, 0.1) is 13.8 Å². The summed E-state index contributed by atoms with van der Waals surface area (Å²) in [5.74, 6) is 2.00. The predicted octanol–water partition coefficient (Wildman–Crippen LogP) is 4.45. The fourth-order valence-electron chi connectivity index (χ4n) is 2.75. The Morgan fingerprint density at radius 1 is 0.917 bits per heavy atom. The molecule has 0 saturated heterocycles. The Balaban J connectivity index is 1.92. The molecule has 0 unspecified atom stereocenters. The predicted molar refractivity (Wildman–Crippen MR) is 95.1 cm³/mol. The molecule has 2 aromatic carbocycles. The number of benzene rings is 2. The lowest BCUT2D eigenvalue weighted by Gasteiger charge is -2.12. The summed E-state index contributed by atoms with van der Waals surface area (Å²) >= 11 is 0. The summed E-state index contributed by atoms with van der Waals surface area (Å²) in [6, 6.07) is 14.1. The maximum atomic E-state index is 5.88. The first-order chi connectivity index (χ1) is 11.6. The van der Waals surface area contributed by atoms with E-state index >= 15 is 0 Å². The van der Waals surface area contributed by atoms with Gasteiger partial charge in [-0.2, -0.15) is 0 Å². The molecule has 1 aromatic heterocycles. The molecule has 1 heterocycles. The molecule has 0 spiro atoms. The number of fused-ring (bicyclic) bond motifs is 1. The van der Waals surface area contributed by atoms with Crippen LogP contribution in [0.1, 0.15) is 16.8 Å². The highest BCUT2D eigenvalue weighted by molar-refractivity contribution is 5.88. The smallest absolute Gasteiger partial charge is 0.214 e. The molecule has 3 aromatic rings. The van der Waals surface area contributed by atoms with Crippen molar-refractivity contribution >= 4 is 10.8 Å². The van der Waals surface area contributed by atoms with Crippen molar-refractivity contribution in [3.8, 4) is 17.4 Å². The van der Waals surface area contributed by atoms with Gasteiger partial charge in [0.25, 0.3) is 0 Å². The first kappa shape index (κ1) is 16.1. The second-order valence-corrected chi connectivity index (χ2v) is 5.75. The molecule has 0 atom stereocenters. The molecule has 124 valence electrons. The lowest BCUT2D eigenvalue weighted by molar-refractivity contribution is 0.294. The third kappa shape index (κ3) is 3.27. The maximum Gasteiger partial charge on any atom is 0.214 e. The quantitative estimate of drug-likeness (QED) is 0.695. The monoisotopic (exact) mass is 323 g/mol.